The molecule has 0 saturated heterocycles. The molecule has 0 bridgehead atoms. The van der Waals surface area contributed by atoms with Crippen LogP contribution in [-0.2, 0) is 6.54 Å². The van der Waals surface area contributed by atoms with E-state index in [1.807, 2.05) is 6.07 Å². The SMILES string of the molecule is Cc1c(F)cccc1NCc1cnc(Cl)s1. The minimum atomic E-state index is -0.202. The average molecular weight is 257 g/mol. The highest BCUT2D eigenvalue weighted by Crippen LogP contribution is 2.21. The summed E-state index contributed by atoms with van der Waals surface area (Å²) in [6.45, 7) is 2.35. The van der Waals surface area contributed by atoms with E-state index in [0.717, 1.165) is 10.6 Å². The van der Waals surface area contributed by atoms with Crippen molar-refractivity contribution >= 4 is 28.6 Å². The van der Waals surface area contributed by atoms with Crippen LogP contribution in [0, 0.1) is 12.7 Å². The van der Waals surface area contributed by atoms with E-state index in [0.29, 0.717) is 16.6 Å². The highest BCUT2D eigenvalue weighted by Gasteiger charge is 2.04. The van der Waals surface area contributed by atoms with E-state index in [1.54, 1.807) is 19.2 Å². The van der Waals surface area contributed by atoms with Crippen LogP contribution in [0.3, 0.4) is 0 Å². The van der Waals surface area contributed by atoms with Crippen LogP contribution in [-0.4, -0.2) is 4.98 Å². The summed E-state index contributed by atoms with van der Waals surface area (Å²) in [6, 6.07) is 4.98. The molecule has 0 spiro atoms. The lowest BCUT2D eigenvalue weighted by Gasteiger charge is -2.08. The molecule has 0 aliphatic heterocycles. The summed E-state index contributed by atoms with van der Waals surface area (Å²) in [5.74, 6) is -0.202. The lowest BCUT2D eigenvalue weighted by Crippen LogP contribution is -2.00. The molecule has 2 aromatic rings. The maximum absolute atomic E-state index is 13.2. The number of rotatable bonds is 3. The number of hydrogen-bond donors (Lipinski definition) is 1. The maximum Gasteiger partial charge on any atom is 0.183 e. The number of halogens is 2. The molecule has 2 nitrogen and oxygen atoms in total. The maximum atomic E-state index is 13.2. The van der Waals surface area contributed by atoms with E-state index in [1.165, 1.54) is 17.4 Å². The third kappa shape index (κ3) is 2.51. The summed E-state index contributed by atoms with van der Waals surface area (Å²) in [5, 5.41) is 3.16. The molecule has 5 heteroatoms. The number of nitrogens with zero attached hydrogens (tertiary/aromatic N) is 1. The largest absolute Gasteiger partial charge is 0.380 e. The normalized spacial score (nSPS) is 10.4. The van der Waals surface area contributed by atoms with Crippen molar-refractivity contribution in [3.8, 4) is 0 Å². The van der Waals surface area contributed by atoms with Gasteiger partial charge in [-0.05, 0) is 19.1 Å². The molecule has 0 saturated carbocycles. The highest BCUT2D eigenvalue weighted by atomic mass is 35.5. The van der Waals surface area contributed by atoms with Gasteiger partial charge < -0.3 is 5.32 Å². The molecule has 1 aromatic heterocycles. The van der Waals surface area contributed by atoms with Gasteiger partial charge in [0.25, 0.3) is 0 Å². The second-order valence-corrected chi connectivity index (χ2v) is 5.04. The van der Waals surface area contributed by atoms with E-state index < -0.39 is 0 Å². The standard InChI is InChI=1S/C11H10ClFN2S/c1-7-9(13)3-2-4-10(7)14-5-8-6-15-11(12)16-8/h2-4,6,14H,5H2,1H3. The van der Waals surface area contributed by atoms with E-state index in [9.17, 15) is 4.39 Å². The van der Waals surface area contributed by atoms with Gasteiger partial charge in [-0.2, -0.15) is 0 Å². The lowest BCUT2D eigenvalue weighted by atomic mass is 10.2. The van der Waals surface area contributed by atoms with Crippen molar-refractivity contribution in [3.05, 3.63) is 45.1 Å². The van der Waals surface area contributed by atoms with Crippen LogP contribution < -0.4 is 5.32 Å². The molecule has 1 N–H and O–H groups in total. The molecule has 0 fully saturated rings. The molecule has 84 valence electrons. The summed E-state index contributed by atoms with van der Waals surface area (Å²) in [6.07, 6.45) is 1.72. The van der Waals surface area contributed by atoms with Crippen LogP contribution in [0.15, 0.2) is 24.4 Å². The van der Waals surface area contributed by atoms with E-state index in [-0.39, 0.29) is 5.82 Å². The van der Waals surface area contributed by atoms with Gasteiger partial charge in [0.05, 0.1) is 6.54 Å². The Bertz CT molecular complexity index is 498. The molecule has 2 rings (SSSR count). The Labute approximate surface area is 102 Å². The molecule has 0 amide bonds. The minimum absolute atomic E-state index is 0.202. The fraction of sp³-hybridized carbons (Fsp3) is 0.182. The molecule has 0 atom stereocenters. The topological polar surface area (TPSA) is 24.9 Å². The number of nitrogens with one attached hydrogen (secondary N) is 1. The van der Waals surface area contributed by atoms with Gasteiger partial charge in [-0.3, -0.25) is 0 Å². The van der Waals surface area contributed by atoms with Crippen molar-refractivity contribution in [2.75, 3.05) is 5.32 Å². The van der Waals surface area contributed by atoms with Crippen LogP contribution in [0.25, 0.3) is 0 Å². The third-order valence-corrected chi connectivity index (χ3v) is 3.36. The first-order chi connectivity index (χ1) is 7.66. The Morgan fingerprint density at radius 2 is 2.31 bits per heavy atom. The number of thiazole rings is 1. The van der Waals surface area contributed by atoms with Crippen molar-refractivity contribution < 1.29 is 4.39 Å². The van der Waals surface area contributed by atoms with Crippen LogP contribution in [0.2, 0.25) is 4.47 Å². The first-order valence-corrected chi connectivity index (χ1v) is 5.95. The van der Waals surface area contributed by atoms with E-state index >= 15 is 0 Å². The van der Waals surface area contributed by atoms with Crippen molar-refractivity contribution in [1.29, 1.82) is 0 Å². The fourth-order valence-corrected chi connectivity index (χ4v) is 2.26. The summed E-state index contributed by atoms with van der Waals surface area (Å²) < 4.78 is 13.8. The van der Waals surface area contributed by atoms with E-state index in [4.69, 9.17) is 11.6 Å². The lowest BCUT2D eigenvalue weighted by molar-refractivity contribution is 0.619. The predicted molar refractivity (Wildman–Crippen MR) is 65.6 cm³/mol. The molecule has 0 radical (unpaired) electrons. The number of benzene rings is 1. The van der Waals surface area contributed by atoms with Gasteiger partial charge in [-0.1, -0.05) is 17.7 Å². The molecule has 1 aromatic carbocycles. The predicted octanol–water partition coefficient (Wildman–Crippen LogP) is 3.86. The average Bonchev–Trinajstić information content (AvgIpc) is 2.67. The third-order valence-electron chi connectivity index (χ3n) is 2.25. The minimum Gasteiger partial charge on any atom is -0.380 e. The van der Waals surface area contributed by atoms with Gasteiger partial charge in [-0.15, -0.1) is 11.3 Å². The van der Waals surface area contributed by atoms with Crippen molar-refractivity contribution in [1.82, 2.24) is 4.98 Å². The van der Waals surface area contributed by atoms with Crippen LogP contribution in [0.1, 0.15) is 10.4 Å². The summed E-state index contributed by atoms with van der Waals surface area (Å²) in [5.41, 5.74) is 1.42. The Balaban J connectivity index is 2.07. The van der Waals surface area contributed by atoms with Gasteiger partial charge in [0.2, 0.25) is 0 Å². The molecule has 1 heterocycles. The zero-order valence-electron chi connectivity index (χ0n) is 8.63. The second-order valence-electron chi connectivity index (χ2n) is 3.35. The Kier molecular flexibility index (Phi) is 3.41. The van der Waals surface area contributed by atoms with Gasteiger partial charge in [0, 0.05) is 22.3 Å². The van der Waals surface area contributed by atoms with E-state index in [2.05, 4.69) is 10.3 Å². The number of anilines is 1. The van der Waals surface area contributed by atoms with Crippen molar-refractivity contribution in [2.45, 2.75) is 13.5 Å². The molecular formula is C11H10ClFN2S. The summed E-state index contributed by atoms with van der Waals surface area (Å²) in [7, 11) is 0. The second kappa shape index (κ2) is 4.80. The summed E-state index contributed by atoms with van der Waals surface area (Å²) >= 11 is 7.13. The van der Waals surface area contributed by atoms with Crippen LogP contribution in [0.5, 0.6) is 0 Å². The van der Waals surface area contributed by atoms with Gasteiger partial charge in [0.1, 0.15) is 5.82 Å². The van der Waals surface area contributed by atoms with Gasteiger partial charge >= 0.3 is 0 Å². The van der Waals surface area contributed by atoms with Gasteiger partial charge in [-0.25, -0.2) is 9.37 Å². The number of aromatic nitrogens is 1. The number of hydrogen-bond acceptors (Lipinski definition) is 3. The Hall–Kier alpha value is -1.13. The monoisotopic (exact) mass is 256 g/mol. The quantitative estimate of drug-likeness (QED) is 0.902. The molecule has 0 aliphatic rings. The Morgan fingerprint density at radius 3 is 3.00 bits per heavy atom. The molecule has 0 unspecified atom stereocenters. The molecule has 16 heavy (non-hydrogen) atoms. The van der Waals surface area contributed by atoms with Gasteiger partial charge in [0.15, 0.2) is 4.47 Å². The first-order valence-electron chi connectivity index (χ1n) is 4.76. The molecule has 0 aliphatic carbocycles. The zero-order chi connectivity index (χ0) is 11.5. The summed E-state index contributed by atoms with van der Waals surface area (Å²) in [4.78, 5) is 4.96. The van der Waals surface area contributed by atoms with Crippen molar-refractivity contribution in [2.24, 2.45) is 0 Å². The first kappa shape index (κ1) is 11.4. The fourth-order valence-electron chi connectivity index (χ4n) is 1.35. The van der Waals surface area contributed by atoms with Crippen molar-refractivity contribution in [3.63, 3.8) is 0 Å². The Morgan fingerprint density at radius 1 is 1.50 bits per heavy atom. The molecular weight excluding hydrogens is 247 g/mol. The van der Waals surface area contributed by atoms with Crippen LogP contribution >= 0.6 is 22.9 Å². The highest BCUT2D eigenvalue weighted by molar-refractivity contribution is 7.15. The smallest absolute Gasteiger partial charge is 0.183 e. The van der Waals surface area contributed by atoms with Crippen LogP contribution in [0.4, 0.5) is 10.1 Å². The zero-order valence-corrected chi connectivity index (χ0v) is 10.2.